The standard InChI is InChI=1S/C23H19N2Si.C15H28O2.Ir/c1-26(2,3)20-8-9-22-17(14-20)10-11-25-23(22)18-12-16-6-4-5-7-21(16)19(13-18)15-24;1-7-14(5,8-2)12(16)11-13(17)15(6,9-3)10-4;/h4-11,13-14H,1-3H3;11,16H,7-10H2,1-6H3;/q-1;;/b;12-11-;. The molecule has 44 heavy (non-hydrogen) atoms. The summed E-state index contributed by atoms with van der Waals surface area (Å²) in [5.41, 5.74) is 1.80. The molecule has 0 aliphatic heterocycles. The molecule has 0 saturated carbocycles. The van der Waals surface area contributed by atoms with Gasteiger partial charge in [0.1, 0.15) is 5.76 Å². The Labute approximate surface area is 279 Å². The molecule has 1 heterocycles. The second-order valence-corrected chi connectivity index (χ2v) is 18.1. The van der Waals surface area contributed by atoms with Crippen LogP contribution in [-0.2, 0) is 24.9 Å². The van der Waals surface area contributed by atoms with Crippen molar-refractivity contribution in [1.82, 2.24) is 4.98 Å². The summed E-state index contributed by atoms with van der Waals surface area (Å²) in [6, 6.07) is 24.3. The molecular weight excluding hydrogens is 737 g/mol. The van der Waals surface area contributed by atoms with E-state index in [-0.39, 0.29) is 42.5 Å². The molecular formula is C38H47IrN2O2Si-. The van der Waals surface area contributed by atoms with E-state index in [2.05, 4.69) is 61.0 Å². The number of nitriles is 1. The summed E-state index contributed by atoms with van der Waals surface area (Å²) in [5, 5.41) is 25.3. The average molecular weight is 784 g/mol. The number of pyridine rings is 1. The number of carbonyl (C=O) groups excluding carboxylic acids is 1. The summed E-state index contributed by atoms with van der Waals surface area (Å²) in [4.78, 5) is 16.8. The maximum Gasteiger partial charge on any atom is 0.164 e. The van der Waals surface area contributed by atoms with Crippen LogP contribution in [0.25, 0.3) is 32.8 Å². The number of aromatic nitrogens is 1. The second-order valence-electron chi connectivity index (χ2n) is 13.0. The van der Waals surface area contributed by atoms with E-state index in [4.69, 9.17) is 0 Å². The Morgan fingerprint density at radius 1 is 0.932 bits per heavy atom. The van der Waals surface area contributed by atoms with Crippen LogP contribution in [0.2, 0.25) is 19.6 Å². The number of nitrogens with zero attached hydrogens (tertiary/aromatic N) is 2. The largest absolute Gasteiger partial charge is 0.512 e. The third-order valence-corrected chi connectivity index (χ3v) is 11.4. The Hall–Kier alpha value is -3.10. The Balaban J connectivity index is 0.000000331. The van der Waals surface area contributed by atoms with E-state index >= 15 is 0 Å². The van der Waals surface area contributed by atoms with Gasteiger partial charge in [-0.3, -0.25) is 9.78 Å². The third kappa shape index (κ3) is 8.13. The Bertz CT molecular complexity index is 1670. The number of ketones is 1. The molecule has 1 N–H and O–H groups in total. The van der Waals surface area contributed by atoms with Crippen LogP contribution in [0, 0.1) is 28.2 Å². The molecule has 1 aromatic heterocycles. The van der Waals surface area contributed by atoms with E-state index in [0.717, 1.165) is 53.1 Å². The monoisotopic (exact) mass is 784 g/mol. The molecule has 0 fully saturated rings. The van der Waals surface area contributed by atoms with Crippen molar-refractivity contribution in [2.24, 2.45) is 10.8 Å². The van der Waals surface area contributed by atoms with Crippen LogP contribution < -0.4 is 5.19 Å². The summed E-state index contributed by atoms with van der Waals surface area (Å²) in [7, 11) is -1.37. The molecule has 235 valence electrons. The topological polar surface area (TPSA) is 74.0 Å². The maximum atomic E-state index is 12.2. The van der Waals surface area contributed by atoms with Crippen molar-refractivity contribution < 1.29 is 30.0 Å². The molecule has 1 radical (unpaired) electrons. The van der Waals surface area contributed by atoms with Gasteiger partial charge >= 0.3 is 0 Å². The summed E-state index contributed by atoms with van der Waals surface area (Å²) < 4.78 is 0. The van der Waals surface area contributed by atoms with Gasteiger partial charge in [0.05, 0.1) is 14.1 Å². The van der Waals surface area contributed by atoms with Crippen LogP contribution in [-0.4, -0.2) is 23.9 Å². The molecule has 3 aromatic carbocycles. The number of carbonyl (C=O) groups is 1. The van der Waals surface area contributed by atoms with Crippen LogP contribution in [0.5, 0.6) is 0 Å². The molecule has 0 aliphatic rings. The smallest absolute Gasteiger partial charge is 0.164 e. The zero-order chi connectivity index (χ0) is 32.0. The molecule has 4 aromatic rings. The summed E-state index contributed by atoms with van der Waals surface area (Å²) in [6.07, 6.45) is 6.60. The van der Waals surface area contributed by atoms with E-state index in [1.165, 1.54) is 16.6 Å². The van der Waals surface area contributed by atoms with Gasteiger partial charge in [0.15, 0.2) is 5.78 Å². The first-order chi connectivity index (χ1) is 20.3. The second kappa shape index (κ2) is 15.3. The molecule has 6 heteroatoms. The molecule has 0 aliphatic carbocycles. The molecule has 0 bridgehead atoms. The van der Waals surface area contributed by atoms with E-state index in [1.54, 1.807) is 0 Å². The fourth-order valence-corrected chi connectivity index (χ4v) is 6.16. The first-order valence-electron chi connectivity index (χ1n) is 15.5. The van der Waals surface area contributed by atoms with Crippen molar-refractivity contribution in [2.75, 3.05) is 0 Å². The zero-order valence-electron chi connectivity index (χ0n) is 27.8. The number of rotatable bonds is 9. The quantitative estimate of drug-likeness (QED) is 0.0794. The van der Waals surface area contributed by atoms with Crippen molar-refractivity contribution in [3.05, 3.63) is 84.3 Å². The third-order valence-electron chi connectivity index (χ3n) is 9.38. The molecule has 0 saturated heterocycles. The molecule has 0 spiro atoms. The summed E-state index contributed by atoms with van der Waals surface area (Å²) >= 11 is 0. The van der Waals surface area contributed by atoms with Crippen LogP contribution in [0.4, 0.5) is 0 Å². The van der Waals surface area contributed by atoms with Gasteiger partial charge in [-0.15, -0.1) is 23.6 Å². The van der Waals surface area contributed by atoms with Crippen molar-refractivity contribution in [3.63, 3.8) is 0 Å². The van der Waals surface area contributed by atoms with Gasteiger partial charge in [0.2, 0.25) is 0 Å². The van der Waals surface area contributed by atoms with E-state index in [1.807, 2.05) is 78.1 Å². The number of hydrogen-bond donors (Lipinski definition) is 1. The first-order valence-corrected chi connectivity index (χ1v) is 19.0. The van der Waals surface area contributed by atoms with Gasteiger partial charge in [-0.2, -0.15) is 5.26 Å². The van der Waals surface area contributed by atoms with Crippen LogP contribution >= 0.6 is 0 Å². The SMILES string of the molecule is CCC(C)(CC)C(=O)/C=C(\O)C(C)(CC)CC.C[Si](C)(C)c1ccc2c(-c3[c-]c4ccccc4c(C#N)c3)nccc2c1.[Ir]. The van der Waals surface area contributed by atoms with Crippen LogP contribution in [0.15, 0.2) is 72.6 Å². The van der Waals surface area contributed by atoms with Gasteiger partial charge < -0.3 is 5.11 Å². The number of aliphatic hydroxyl groups excluding tert-OH is 1. The zero-order valence-corrected chi connectivity index (χ0v) is 31.2. The van der Waals surface area contributed by atoms with Crippen LogP contribution in [0.3, 0.4) is 0 Å². The van der Waals surface area contributed by atoms with Gasteiger partial charge in [-0.1, -0.05) is 114 Å². The van der Waals surface area contributed by atoms with Gasteiger partial charge in [0.25, 0.3) is 0 Å². The summed E-state index contributed by atoms with van der Waals surface area (Å²) in [6.45, 7) is 19.1. The predicted molar refractivity (Wildman–Crippen MR) is 184 cm³/mol. The fraction of sp³-hybridized carbons (Fsp3) is 0.395. The molecule has 0 unspecified atom stereocenters. The van der Waals surface area contributed by atoms with E-state index in [0.29, 0.717) is 5.56 Å². The van der Waals surface area contributed by atoms with Crippen LogP contribution in [0.1, 0.15) is 72.8 Å². The van der Waals surface area contributed by atoms with Gasteiger partial charge in [0, 0.05) is 48.9 Å². The van der Waals surface area contributed by atoms with Crippen molar-refractivity contribution in [1.29, 1.82) is 5.26 Å². The number of benzene rings is 3. The van der Waals surface area contributed by atoms with E-state index < -0.39 is 8.07 Å². The fourth-order valence-electron chi connectivity index (χ4n) is 4.99. The Kier molecular flexibility index (Phi) is 12.9. The minimum absolute atomic E-state index is 0. The van der Waals surface area contributed by atoms with E-state index in [9.17, 15) is 15.2 Å². The normalized spacial score (nSPS) is 12.2. The summed E-state index contributed by atoms with van der Waals surface area (Å²) in [5.74, 6) is 0.286. The molecule has 0 atom stereocenters. The Morgan fingerprint density at radius 3 is 2.11 bits per heavy atom. The van der Waals surface area contributed by atoms with Gasteiger partial charge in [-0.05, 0) is 48.1 Å². The van der Waals surface area contributed by atoms with Gasteiger partial charge in [-0.25, -0.2) is 0 Å². The van der Waals surface area contributed by atoms with Crippen molar-refractivity contribution >= 4 is 40.6 Å². The minimum atomic E-state index is -1.37. The number of aliphatic hydroxyl groups is 1. The average Bonchev–Trinajstić information content (AvgIpc) is 3.02. The maximum absolute atomic E-state index is 12.2. The first kappa shape index (κ1) is 37.1. The predicted octanol–water partition coefficient (Wildman–Crippen LogP) is 9.92. The minimum Gasteiger partial charge on any atom is -0.512 e. The number of allylic oxidation sites excluding steroid dienone is 2. The molecule has 4 nitrogen and oxygen atoms in total. The molecule has 4 rings (SSSR count). The van der Waals surface area contributed by atoms with Crippen molar-refractivity contribution in [3.8, 4) is 17.3 Å². The Morgan fingerprint density at radius 2 is 1.55 bits per heavy atom. The number of hydrogen-bond acceptors (Lipinski definition) is 4. The number of fused-ring (bicyclic) bond motifs is 2. The van der Waals surface area contributed by atoms with Crippen molar-refractivity contribution in [2.45, 2.75) is 86.9 Å². The molecule has 0 amide bonds.